The van der Waals surface area contributed by atoms with Gasteiger partial charge >= 0.3 is 0 Å². The van der Waals surface area contributed by atoms with Crippen LogP contribution in [-0.2, 0) is 6.42 Å². The number of aryl methyl sites for hydroxylation is 2. The van der Waals surface area contributed by atoms with E-state index in [4.69, 9.17) is 0 Å². The Hall–Kier alpha value is -1.12. The molecule has 0 unspecified atom stereocenters. The van der Waals surface area contributed by atoms with Gasteiger partial charge in [-0.3, -0.25) is 0 Å². The predicted octanol–water partition coefficient (Wildman–Crippen LogP) is 6.62. The minimum atomic E-state index is -0.601. The summed E-state index contributed by atoms with van der Waals surface area (Å²) in [5, 5.41) is 22.0. The van der Waals surface area contributed by atoms with E-state index < -0.39 is 5.60 Å². The molecule has 8 atom stereocenters. The molecule has 2 nitrogen and oxygen atoms in total. The second kappa shape index (κ2) is 7.98. The second-order valence-electron chi connectivity index (χ2n) is 12.7. The van der Waals surface area contributed by atoms with E-state index >= 15 is 0 Å². The van der Waals surface area contributed by atoms with Crippen molar-refractivity contribution in [2.75, 3.05) is 0 Å². The molecule has 0 aromatic heterocycles. The first-order valence-corrected chi connectivity index (χ1v) is 13.3. The Morgan fingerprint density at radius 3 is 2.50 bits per heavy atom. The van der Waals surface area contributed by atoms with E-state index in [1.54, 1.807) is 5.57 Å². The highest BCUT2D eigenvalue weighted by Crippen LogP contribution is 2.67. The van der Waals surface area contributed by atoms with Gasteiger partial charge in [0.1, 0.15) is 0 Å². The number of aliphatic hydroxyl groups excluding tert-OH is 1. The lowest BCUT2D eigenvalue weighted by Crippen LogP contribution is -2.53. The highest BCUT2D eigenvalue weighted by atomic mass is 16.3. The first-order chi connectivity index (χ1) is 15.1. The molecule has 0 amide bonds. The van der Waals surface area contributed by atoms with Crippen molar-refractivity contribution in [2.45, 2.75) is 104 Å². The fourth-order valence-corrected chi connectivity index (χ4v) is 8.99. The van der Waals surface area contributed by atoms with Gasteiger partial charge in [0, 0.05) is 0 Å². The van der Waals surface area contributed by atoms with Gasteiger partial charge in [0.15, 0.2) is 0 Å². The molecule has 2 heteroatoms. The average molecular weight is 437 g/mol. The van der Waals surface area contributed by atoms with Crippen LogP contribution in [0.2, 0.25) is 0 Å². The fraction of sp³-hybridized carbons (Fsp3) is 0.733. The lowest BCUT2D eigenvalue weighted by atomic mass is 9.46. The first-order valence-electron chi connectivity index (χ1n) is 13.3. The second-order valence-corrected chi connectivity index (χ2v) is 12.7. The monoisotopic (exact) mass is 436 g/mol. The number of hydrogen-bond acceptors (Lipinski definition) is 2. The standard InChI is InChI=1S/C30H44O2/c1-20-5-7-21(8-6-20)13-18-30(4,32)27-12-11-25-24-10-9-22-19-23(31)14-16-28(22,2)26(24)15-17-29(25,27)3/h5-9,23-27,31-32H,10-19H2,1-4H3/t23-,24-,25-,26-,27-,28-,29-,30+/m0/s1. The van der Waals surface area contributed by atoms with Crippen LogP contribution in [0.4, 0.5) is 0 Å². The van der Waals surface area contributed by atoms with Crippen molar-refractivity contribution in [3.05, 3.63) is 47.0 Å². The van der Waals surface area contributed by atoms with Crippen LogP contribution in [0, 0.1) is 41.4 Å². The van der Waals surface area contributed by atoms with Gasteiger partial charge in [-0.2, -0.15) is 0 Å². The smallest absolute Gasteiger partial charge is 0.0656 e. The van der Waals surface area contributed by atoms with Crippen molar-refractivity contribution in [1.29, 1.82) is 0 Å². The summed E-state index contributed by atoms with van der Waals surface area (Å²) >= 11 is 0. The number of benzene rings is 1. The Kier molecular flexibility index (Phi) is 5.65. The third-order valence-corrected chi connectivity index (χ3v) is 10.9. The summed E-state index contributed by atoms with van der Waals surface area (Å²) in [6.45, 7) is 9.30. The van der Waals surface area contributed by atoms with E-state index in [0.29, 0.717) is 11.3 Å². The molecule has 0 aliphatic heterocycles. The molecule has 0 spiro atoms. The maximum absolute atomic E-state index is 11.8. The quantitative estimate of drug-likeness (QED) is 0.521. The minimum Gasteiger partial charge on any atom is -0.393 e. The highest BCUT2D eigenvalue weighted by Gasteiger charge is 2.61. The molecular formula is C30H44O2. The Balaban J connectivity index is 1.34. The molecule has 0 saturated heterocycles. The molecule has 3 fully saturated rings. The lowest BCUT2D eigenvalue weighted by Gasteiger charge is -2.59. The summed E-state index contributed by atoms with van der Waals surface area (Å²) in [4.78, 5) is 0. The van der Waals surface area contributed by atoms with Crippen molar-refractivity contribution in [2.24, 2.45) is 34.5 Å². The van der Waals surface area contributed by atoms with Crippen LogP contribution in [0.5, 0.6) is 0 Å². The molecule has 176 valence electrons. The number of fused-ring (bicyclic) bond motifs is 5. The van der Waals surface area contributed by atoms with Crippen molar-refractivity contribution in [1.82, 2.24) is 0 Å². The van der Waals surface area contributed by atoms with E-state index in [-0.39, 0.29) is 11.5 Å². The van der Waals surface area contributed by atoms with Crippen LogP contribution in [-0.4, -0.2) is 21.9 Å². The van der Waals surface area contributed by atoms with Gasteiger partial charge < -0.3 is 10.2 Å². The third-order valence-electron chi connectivity index (χ3n) is 10.9. The van der Waals surface area contributed by atoms with Gasteiger partial charge in [-0.05, 0) is 118 Å². The van der Waals surface area contributed by atoms with Crippen LogP contribution >= 0.6 is 0 Å². The van der Waals surface area contributed by atoms with Crippen LogP contribution in [0.25, 0.3) is 0 Å². The van der Waals surface area contributed by atoms with E-state index in [0.717, 1.165) is 49.9 Å². The van der Waals surface area contributed by atoms with E-state index in [1.807, 2.05) is 0 Å². The molecule has 1 aromatic rings. The summed E-state index contributed by atoms with van der Waals surface area (Å²) in [7, 11) is 0. The van der Waals surface area contributed by atoms with Gasteiger partial charge in [-0.25, -0.2) is 0 Å². The highest BCUT2D eigenvalue weighted by molar-refractivity contribution is 5.26. The van der Waals surface area contributed by atoms with Crippen molar-refractivity contribution in [3.8, 4) is 0 Å². The zero-order valence-electron chi connectivity index (χ0n) is 20.7. The SMILES string of the molecule is Cc1ccc(CC[C@@](C)(O)[C@H]2CC[C@H]3[C@@H]4CC=C5C[C@@H](O)CC[C@]5(C)[C@H]4CC[C@@]32C)cc1. The lowest BCUT2D eigenvalue weighted by molar-refractivity contribution is -0.104. The van der Waals surface area contributed by atoms with E-state index in [9.17, 15) is 10.2 Å². The van der Waals surface area contributed by atoms with Crippen LogP contribution < -0.4 is 0 Å². The Bertz CT molecular complexity index is 867. The maximum Gasteiger partial charge on any atom is 0.0656 e. The van der Waals surface area contributed by atoms with Crippen LogP contribution in [0.15, 0.2) is 35.9 Å². The minimum absolute atomic E-state index is 0.126. The van der Waals surface area contributed by atoms with Crippen LogP contribution in [0.3, 0.4) is 0 Å². The summed E-state index contributed by atoms with van der Waals surface area (Å²) in [5.41, 5.74) is 4.16. The molecule has 0 bridgehead atoms. The molecule has 2 N–H and O–H groups in total. The molecule has 4 aliphatic carbocycles. The average Bonchev–Trinajstić information content (AvgIpc) is 3.12. The van der Waals surface area contributed by atoms with E-state index in [2.05, 4.69) is 58.0 Å². The Labute approximate surface area is 195 Å². The molecule has 32 heavy (non-hydrogen) atoms. The van der Waals surface area contributed by atoms with Crippen LogP contribution in [0.1, 0.15) is 89.7 Å². The van der Waals surface area contributed by atoms with Crippen molar-refractivity contribution >= 4 is 0 Å². The molecular weight excluding hydrogens is 392 g/mol. The molecule has 0 heterocycles. The van der Waals surface area contributed by atoms with Gasteiger partial charge in [0.2, 0.25) is 0 Å². The van der Waals surface area contributed by atoms with Crippen molar-refractivity contribution in [3.63, 3.8) is 0 Å². The molecule has 3 saturated carbocycles. The number of hydrogen-bond donors (Lipinski definition) is 2. The van der Waals surface area contributed by atoms with Crippen molar-refractivity contribution < 1.29 is 10.2 Å². The Morgan fingerprint density at radius 1 is 1.00 bits per heavy atom. The number of rotatable bonds is 4. The normalized spacial score (nSPS) is 42.9. The van der Waals surface area contributed by atoms with Gasteiger partial charge in [-0.15, -0.1) is 0 Å². The summed E-state index contributed by atoms with van der Waals surface area (Å²) in [6.07, 6.45) is 13.5. The fourth-order valence-electron chi connectivity index (χ4n) is 8.99. The maximum atomic E-state index is 11.8. The zero-order chi connectivity index (χ0) is 22.7. The number of allylic oxidation sites excluding steroid dienone is 1. The largest absolute Gasteiger partial charge is 0.393 e. The summed E-state index contributed by atoms with van der Waals surface area (Å²) < 4.78 is 0. The van der Waals surface area contributed by atoms with Gasteiger partial charge in [-0.1, -0.05) is 55.3 Å². The first kappa shape index (κ1) is 22.7. The summed E-state index contributed by atoms with van der Waals surface area (Å²) in [6, 6.07) is 8.83. The molecule has 4 aliphatic rings. The molecule has 0 radical (unpaired) electrons. The zero-order valence-corrected chi connectivity index (χ0v) is 20.7. The topological polar surface area (TPSA) is 40.5 Å². The Morgan fingerprint density at radius 2 is 1.75 bits per heavy atom. The summed E-state index contributed by atoms with van der Waals surface area (Å²) in [5.74, 6) is 2.66. The van der Waals surface area contributed by atoms with E-state index in [1.165, 1.54) is 43.2 Å². The number of aliphatic hydroxyl groups is 2. The predicted molar refractivity (Wildman–Crippen MR) is 131 cm³/mol. The third kappa shape index (κ3) is 3.61. The molecule has 5 rings (SSSR count). The molecule has 1 aromatic carbocycles. The van der Waals surface area contributed by atoms with Gasteiger partial charge in [0.25, 0.3) is 0 Å². The van der Waals surface area contributed by atoms with Gasteiger partial charge in [0.05, 0.1) is 11.7 Å².